The minimum atomic E-state index is -0.110. The van der Waals surface area contributed by atoms with Gasteiger partial charge >= 0.3 is 5.97 Å². The highest BCUT2D eigenvalue weighted by molar-refractivity contribution is 5.85. The average Bonchev–Trinajstić information content (AvgIpc) is 2.79. The summed E-state index contributed by atoms with van der Waals surface area (Å²) in [5.74, 6) is -0.110. The van der Waals surface area contributed by atoms with Gasteiger partial charge in [0.2, 0.25) is 0 Å². The number of fused-ring (bicyclic) bond motifs is 1. The molecule has 1 aromatic rings. The third-order valence-electron chi connectivity index (χ3n) is 5.03. The molecule has 4 heteroatoms. The van der Waals surface area contributed by atoms with E-state index in [1.165, 1.54) is 30.4 Å². The van der Waals surface area contributed by atoms with Crippen molar-refractivity contribution in [3.05, 3.63) is 41.0 Å². The first-order valence-corrected chi connectivity index (χ1v) is 8.86. The first-order valence-electron chi connectivity index (χ1n) is 8.86. The molecule has 1 heterocycles. The second-order valence-electron chi connectivity index (χ2n) is 6.82. The van der Waals surface area contributed by atoms with E-state index >= 15 is 0 Å². The number of ether oxygens (including phenoxy) is 1. The molecule has 1 atom stereocenters. The molecule has 0 saturated carbocycles. The standard InChI is InChI=1S/C20H27NO2.ClH/c1-21-12-6-5-9-19(21)15-23-20(22)14-16-10-11-17-7-3-2-4-8-18(17)13-16;/h4,8,10-11,13,19H,2-3,5-7,9,12,14-15H2,1H3;1H. The zero-order valence-corrected chi connectivity index (χ0v) is 15.3. The van der Waals surface area contributed by atoms with Crippen LogP contribution in [0.2, 0.25) is 0 Å². The number of nitrogens with zero attached hydrogens (tertiary/aromatic N) is 1. The van der Waals surface area contributed by atoms with Crippen molar-refractivity contribution in [2.75, 3.05) is 20.2 Å². The van der Waals surface area contributed by atoms with Crippen molar-refractivity contribution in [3.63, 3.8) is 0 Å². The van der Waals surface area contributed by atoms with Crippen molar-refractivity contribution in [1.82, 2.24) is 4.90 Å². The minimum absolute atomic E-state index is 0. The number of esters is 1. The van der Waals surface area contributed by atoms with Gasteiger partial charge in [-0.25, -0.2) is 0 Å². The van der Waals surface area contributed by atoms with Crippen LogP contribution in [0.1, 0.15) is 48.8 Å². The third-order valence-corrected chi connectivity index (χ3v) is 5.03. The molecule has 132 valence electrons. The number of aryl methyl sites for hydroxylation is 1. The molecule has 24 heavy (non-hydrogen) atoms. The number of hydrogen-bond acceptors (Lipinski definition) is 3. The van der Waals surface area contributed by atoms with Gasteiger partial charge in [0.25, 0.3) is 0 Å². The van der Waals surface area contributed by atoms with Gasteiger partial charge in [-0.05, 0) is 62.4 Å². The van der Waals surface area contributed by atoms with Crippen LogP contribution in [0.15, 0.2) is 24.3 Å². The van der Waals surface area contributed by atoms with Gasteiger partial charge in [-0.15, -0.1) is 12.4 Å². The Kier molecular flexibility index (Phi) is 7.32. The smallest absolute Gasteiger partial charge is 0.310 e. The molecule has 1 fully saturated rings. The first-order chi connectivity index (χ1) is 11.2. The van der Waals surface area contributed by atoms with Gasteiger partial charge in [-0.2, -0.15) is 0 Å². The van der Waals surface area contributed by atoms with Crippen LogP contribution in [0.3, 0.4) is 0 Å². The molecule has 1 aromatic carbocycles. The Morgan fingerprint density at radius 3 is 3.00 bits per heavy atom. The number of carbonyl (C=O) groups is 1. The average molecular weight is 350 g/mol. The summed E-state index contributed by atoms with van der Waals surface area (Å²) in [5.41, 5.74) is 3.71. The lowest BCUT2D eigenvalue weighted by Crippen LogP contribution is -2.40. The van der Waals surface area contributed by atoms with Crippen LogP contribution in [0.5, 0.6) is 0 Å². The van der Waals surface area contributed by atoms with E-state index < -0.39 is 0 Å². The van der Waals surface area contributed by atoms with Gasteiger partial charge in [-0.3, -0.25) is 4.79 Å². The largest absolute Gasteiger partial charge is 0.464 e. The van der Waals surface area contributed by atoms with Gasteiger partial charge in [0.1, 0.15) is 6.61 Å². The molecule has 2 aliphatic rings. The lowest BCUT2D eigenvalue weighted by atomic mass is 10.00. The molecule has 0 spiro atoms. The van der Waals surface area contributed by atoms with Crippen molar-refractivity contribution in [2.24, 2.45) is 0 Å². The van der Waals surface area contributed by atoms with Gasteiger partial charge in [0.05, 0.1) is 6.42 Å². The highest BCUT2D eigenvalue weighted by Crippen LogP contribution is 2.21. The summed E-state index contributed by atoms with van der Waals surface area (Å²) in [6.45, 7) is 1.64. The summed E-state index contributed by atoms with van der Waals surface area (Å²) >= 11 is 0. The molecule has 0 bridgehead atoms. The molecular weight excluding hydrogens is 322 g/mol. The molecule has 0 radical (unpaired) electrons. The lowest BCUT2D eigenvalue weighted by Gasteiger charge is -2.31. The predicted octanol–water partition coefficient (Wildman–Crippen LogP) is 4.03. The Morgan fingerprint density at radius 2 is 2.17 bits per heavy atom. The molecule has 0 aromatic heterocycles. The van der Waals surface area contributed by atoms with E-state index in [2.05, 4.69) is 42.3 Å². The fourth-order valence-electron chi connectivity index (χ4n) is 3.52. The van der Waals surface area contributed by atoms with E-state index in [1.54, 1.807) is 0 Å². The highest BCUT2D eigenvalue weighted by atomic mass is 35.5. The lowest BCUT2D eigenvalue weighted by molar-refractivity contribution is -0.144. The Hall–Kier alpha value is -1.32. The molecule has 1 unspecified atom stereocenters. The Morgan fingerprint density at radius 1 is 1.29 bits per heavy atom. The van der Waals surface area contributed by atoms with E-state index in [0.717, 1.165) is 31.4 Å². The summed E-state index contributed by atoms with van der Waals surface area (Å²) in [6, 6.07) is 6.78. The minimum Gasteiger partial charge on any atom is -0.464 e. The maximum Gasteiger partial charge on any atom is 0.310 e. The number of likely N-dealkylation sites (N-methyl/N-ethyl adjacent to an activating group) is 1. The van der Waals surface area contributed by atoms with Crippen LogP contribution in [0.4, 0.5) is 0 Å². The summed E-state index contributed by atoms with van der Waals surface area (Å²) in [6.07, 6.45) is 11.9. The summed E-state index contributed by atoms with van der Waals surface area (Å²) in [5, 5.41) is 0. The Balaban J connectivity index is 0.00000208. The number of rotatable bonds is 4. The zero-order valence-electron chi connectivity index (χ0n) is 14.5. The maximum absolute atomic E-state index is 12.1. The second-order valence-corrected chi connectivity index (χ2v) is 6.82. The van der Waals surface area contributed by atoms with Gasteiger partial charge in [0, 0.05) is 6.04 Å². The Bertz CT molecular complexity index is 585. The van der Waals surface area contributed by atoms with Crippen molar-refractivity contribution in [1.29, 1.82) is 0 Å². The summed E-state index contributed by atoms with van der Waals surface area (Å²) in [7, 11) is 2.12. The number of allylic oxidation sites excluding steroid dienone is 1. The van der Waals surface area contributed by atoms with Gasteiger partial charge in [0.15, 0.2) is 0 Å². The number of piperidine rings is 1. The molecule has 1 aliphatic carbocycles. The molecular formula is C20H28ClNO2. The maximum atomic E-state index is 12.1. The van der Waals surface area contributed by atoms with Crippen LogP contribution >= 0.6 is 12.4 Å². The highest BCUT2D eigenvalue weighted by Gasteiger charge is 2.20. The Labute approximate surface area is 151 Å². The van der Waals surface area contributed by atoms with Gasteiger partial charge < -0.3 is 9.64 Å². The van der Waals surface area contributed by atoms with Crippen molar-refractivity contribution >= 4 is 24.5 Å². The van der Waals surface area contributed by atoms with E-state index in [-0.39, 0.29) is 18.4 Å². The molecule has 1 aliphatic heterocycles. The number of benzene rings is 1. The van der Waals surface area contributed by atoms with Crippen LogP contribution in [-0.4, -0.2) is 37.1 Å². The first kappa shape index (κ1) is 19.0. The zero-order chi connectivity index (χ0) is 16.1. The number of likely N-dealkylation sites (tertiary alicyclic amines) is 1. The molecule has 3 rings (SSSR count). The monoisotopic (exact) mass is 349 g/mol. The van der Waals surface area contributed by atoms with Crippen LogP contribution in [0.25, 0.3) is 6.08 Å². The van der Waals surface area contributed by atoms with Crippen molar-refractivity contribution < 1.29 is 9.53 Å². The topological polar surface area (TPSA) is 29.5 Å². The third kappa shape index (κ3) is 5.09. The molecule has 0 amide bonds. The van der Waals surface area contributed by atoms with Crippen molar-refractivity contribution in [2.45, 2.75) is 51.0 Å². The molecule has 1 saturated heterocycles. The van der Waals surface area contributed by atoms with E-state index in [0.29, 0.717) is 19.1 Å². The van der Waals surface area contributed by atoms with Gasteiger partial charge in [-0.1, -0.05) is 36.8 Å². The summed E-state index contributed by atoms with van der Waals surface area (Å²) in [4.78, 5) is 14.4. The normalized spacial score (nSPS) is 20.6. The van der Waals surface area contributed by atoms with E-state index in [4.69, 9.17) is 4.74 Å². The molecule has 3 nitrogen and oxygen atoms in total. The van der Waals surface area contributed by atoms with Crippen LogP contribution in [-0.2, 0) is 22.4 Å². The quantitative estimate of drug-likeness (QED) is 0.769. The fraction of sp³-hybridized carbons (Fsp3) is 0.550. The number of carbonyl (C=O) groups excluding carboxylic acids is 1. The van der Waals surface area contributed by atoms with Crippen molar-refractivity contribution in [3.8, 4) is 0 Å². The summed E-state index contributed by atoms with van der Waals surface area (Å²) < 4.78 is 5.53. The SMILES string of the molecule is CN1CCCCC1COC(=O)Cc1ccc2c(c1)C=CCCC2.Cl. The number of hydrogen-bond donors (Lipinski definition) is 0. The number of halogens is 1. The second kappa shape index (κ2) is 9.24. The predicted molar refractivity (Wildman–Crippen MR) is 101 cm³/mol. The van der Waals surface area contributed by atoms with E-state index in [1.807, 2.05) is 0 Å². The van der Waals surface area contributed by atoms with Crippen LogP contribution in [0, 0.1) is 0 Å². The van der Waals surface area contributed by atoms with E-state index in [9.17, 15) is 4.79 Å². The fourth-order valence-corrected chi connectivity index (χ4v) is 3.52. The van der Waals surface area contributed by atoms with Crippen LogP contribution < -0.4 is 0 Å². The molecule has 0 N–H and O–H groups in total.